The van der Waals surface area contributed by atoms with Gasteiger partial charge in [-0.25, -0.2) is 9.78 Å². The first-order valence-electron chi connectivity index (χ1n) is 5.74. The lowest BCUT2D eigenvalue weighted by Gasteiger charge is -2.46. The van der Waals surface area contributed by atoms with Crippen LogP contribution in [0.15, 0.2) is 11.6 Å². The number of carbonyl (C=O) groups excluding carboxylic acids is 1. The van der Waals surface area contributed by atoms with E-state index in [-0.39, 0.29) is 19.1 Å². The number of aromatic nitrogens is 1. The van der Waals surface area contributed by atoms with Gasteiger partial charge in [-0.3, -0.25) is 9.69 Å². The summed E-state index contributed by atoms with van der Waals surface area (Å²) in [4.78, 5) is 27.9. The Hall–Kier alpha value is -1.51. The van der Waals surface area contributed by atoms with Gasteiger partial charge in [0.15, 0.2) is 5.13 Å². The second-order valence-electron chi connectivity index (χ2n) is 4.66. The van der Waals surface area contributed by atoms with Crippen molar-refractivity contribution in [2.45, 2.75) is 12.5 Å². The molecule has 0 aliphatic carbocycles. The molecule has 1 aromatic heterocycles. The van der Waals surface area contributed by atoms with E-state index < -0.39 is 11.6 Å². The number of nitrogens with zero attached hydrogens (tertiary/aromatic N) is 2. The number of hydrogen-bond donors (Lipinski definition) is 2. The molecule has 8 heteroatoms. The predicted molar refractivity (Wildman–Crippen MR) is 69.2 cm³/mol. The molecule has 1 fully saturated rings. The zero-order chi connectivity index (χ0) is 13.9. The van der Waals surface area contributed by atoms with E-state index in [0.29, 0.717) is 18.2 Å². The summed E-state index contributed by atoms with van der Waals surface area (Å²) in [6.07, 6.45) is 1.63. The number of amides is 1. The predicted octanol–water partition coefficient (Wildman–Crippen LogP) is 0.257. The SMILES string of the molecule is CC1(OCC(=O)O)CN(CC(=O)Nc2nccs2)C1. The van der Waals surface area contributed by atoms with E-state index in [1.807, 2.05) is 11.8 Å². The molecule has 1 aliphatic heterocycles. The number of likely N-dealkylation sites (tertiary alicyclic amines) is 1. The van der Waals surface area contributed by atoms with E-state index in [1.165, 1.54) is 11.3 Å². The van der Waals surface area contributed by atoms with E-state index in [1.54, 1.807) is 11.6 Å². The van der Waals surface area contributed by atoms with Crippen LogP contribution in [0, 0.1) is 0 Å². The summed E-state index contributed by atoms with van der Waals surface area (Å²) < 4.78 is 5.26. The van der Waals surface area contributed by atoms with Crippen LogP contribution in [-0.4, -0.2) is 58.7 Å². The van der Waals surface area contributed by atoms with Crippen LogP contribution in [0.3, 0.4) is 0 Å². The van der Waals surface area contributed by atoms with Gasteiger partial charge in [0.1, 0.15) is 6.61 Å². The molecule has 1 aromatic rings. The smallest absolute Gasteiger partial charge is 0.329 e. The van der Waals surface area contributed by atoms with Gasteiger partial charge in [-0.05, 0) is 6.92 Å². The quantitative estimate of drug-likeness (QED) is 0.779. The molecular weight excluding hydrogens is 270 g/mol. The summed E-state index contributed by atoms with van der Waals surface area (Å²) in [6.45, 7) is 2.88. The molecule has 19 heavy (non-hydrogen) atoms. The number of aliphatic carboxylic acids is 1. The average Bonchev–Trinajstić information content (AvgIpc) is 2.77. The Morgan fingerprint density at radius 1 is 1.63 bits per heavy atom. The second-order valence-corrected chi connectivity index (χ2v) is 5.56. The zero-order valence-electron chi connectivity index (χ0n) is 10.5. The van der Waals surface area contributed by atoms with Crippen LogP contribution in [0.2, 0.25) is 0 Å². The van der Waals surface area contributed by atoms with Crippen LogP contribution in [0.25, 0.3) is 0 Å². The van der Waals surface area contributed by atoms with Crippen molar-refractivity contribution in [1.29, 1.82) is 0 Å². The Morgan fingerprint density at radius 2 is 2.37 bits per heavy atom. The average molecular weight is 285 g/mol. The summed E-state index contributed by atoms with van der Waals surface area (Å²) in [5.74, 6) is -1.11. The molecule has 7 nitrogen and oxygen atoms in total. The number of hydrogen-bond acceptors (Lipinski definition) is 6. The maximum absolute atomic E-state index is 11.7. The van der Waals surface area contributed by atoms with Crippen LogP contribution in [0.4, 0.5) is 5.13 Å². The van der Waals surface area contributed by atoms with Crippen molar-refractivity contribution in [2.24, 2.45) is 0 Å². The van der Waals surface area contributed by atoms with Gasteiger partial charge >= 0.3 is 5.97 Å². The first-order valence-corrected chi connectivity index (χ1v) is 6.62. The minimum absolute atomic E-state index is 0.129. The van der Waals surface area contributed by atoms with Gasteiger partial charge in [-0.2, -0.15) is 0 Å². The minimum Gasteiger partial charge on any atom is -0.480 e. The van der Waals surface area contributed by atoms with Gasteiger partial charge in [0, 0.05) is 24.7 Å². The maximum Gasteiger partial charge on any atom is 0.329 e. The summed E-state index contributed by atoms with van der Waals surface area (Å²) in [5, 5.41) is 13.6. The van der Waals surface area contributed by atoms with E-state index in [0.717, 1.165) is 0 Å². The Morgan fingerprint density at radius 3 is 2.95 bits per heavy atom. The Balaban J connectivity index is 1.69. The molecule has 1 saturated heterocycles. The van der Waals surface area contributed by atoms with E-state index in [2.05, 4.69) is 10.3 Å². The van der Waals surface area contributed by atoms with Crippen molar-refractivity contribution >= 4 is 28.3 Å². The molecule has 2 heterocycles. The van der Waals surface area contributed by atoms with Crippen LogP contribution in [0.1, 0.15) is 6.92 Å². The van der Waals surface area contributed by atoms with Crippen molar-refractivity contribution in [3.05, 3.63) is 11.6 Å². The molecule has 0 radical (unpaired) electrons. The van der Waals surface area contributed by atoms with Gasteiger partial charge in [-0.15, -0.1) is 11.3 Å². The zero-order valence-corrected chi connectivity index (χ0v) is 11.3. The number of rotatable bonds is 6. The molecule has 104 valence electrons. The number of carbonyl (C=O) groups is 2. The molecule has 0 saturated carbocycles. The maximum atomic E-state index is 11.7. The highest BCUT2D eigenvalue weighted by Gasteiger charge is 2.40. The fourth-order valence-electron chi connectivity index (χ4n) is 1.99. The van der Waals surface area contributed by atoms with Crippen molar-refractivity contribution in [3.8, 4) is 0 Å². The van der Waals surface area contributed by atoms with E-state index in [4.69, 9.17) is 9.84 Å². The molecule has 2 N–H and O–H groups in total. The highest BCUT2D eigenvalue weighted by molar-refractivity contribution is 7.13. The van der Waals surface area contributed by atoms with Crippen molar-refractivity contribution < 1.29 is 19.4 Å². The largest absolute Gasteiger partial charge is 0.480 e. The second kappa shape index (κ2) is 5.64. The third kappa shape index (κ3) is 3.98. The number of ether oxygens (including phenoxy) is 1. The molecule has 1 aliphatic rings. The number of nitrogens with one attached hydrogen (secondary N) is 1. The normalized spacial score (nSPS) is 17.7. The monoisotopic (exact) mass is 285 g/mol. The highest BCUT2D eigenvalue weighted by Crippen LogP contribution is 2.24. The third-order valence-electron chi connectivity index (χ3n) is 2.71. The van der Waals surface area contributed by atoms with Crippen LogP contribution < -0.4 is 5.32 Å². The Labute approximate surface area is 114 Å². The van der Waals surface area contributed by atoms with Crippen LogP contribution in [0.5, 0.6) is 0 Å². The van der Waals surface area contributed by atoms with Gasteiger partial charge in [0.25, 0.3) is 0 Å². The lowest BCUT2D eigenvalue weighted by atomic mass is 9.96. The third-order valence-corrected chi connectivity index (χ3v) is 3.39. The first-order chi connectivity index (χ1) is 8.97. The number of anilines is 1. The topological polar surface area (TPSA) is 91.8 Å². The summed E-state index contributed by atoms with van der Waals surface area (Å²) in [7, 11) is 0. The fourth-order valence-corrected chi connectivity index (χ4v) is 2.53. The Kier molecular flexibility index (Phi) is 4.13. The van der Waals surface area contributed by atoms with E-state index >= 15 is 0 Å². The van der Waals surface area contributed by atoms with Crippen molar-refractivity contribution in [3.63, 3.8) is 0 Å². The lowest BCUT2D eigenvalue weighted by Crippen LogP contribution is -2.63. The fraction of sp³-hybridized carbons (Fsp3) is 0.545. The van der Waals surface area contributed by atoms with Crippen LogP contribution in [-0.2, 0) is 14.3 Å². The standard InChI is InChI=1S/C11H15N3O4S/c1-11(18-5-9(16)17)6-14(7-11)4-8(15)13-10-12-2-3-19-10/h2-3H,4-7H2,1H3,(H,16,17)(H,12,13,15). The van der Waals surface area contributed by atoms with E-state index in [9.17, 15) is 9.59 Å². The molecule has 1 amide bonds. The molecule has 0 unspecified atom stereocenters. The molecule has 0 atom stereocenters. The number of carboxylic acid groups (broad SMARTS) is 1. The number of thiazole rings is 1. The first kappa shape index (κ1) is 13.9. The summed E-state index contributed by atoms with van der Waals surface area (Å²) in [6, 6.07) is 0. The summed E-state index contributed by atoms with van der Waals surface area (Å²) in [5.41, 5.74) is -0.472. The van der Waals surface area contributed by atoms with Crippen LogP contribution >= 0.6 is 11.3 Å². The van der Waals surface area contributed by atoms with Gasteiger partial charge in [0.2, 0.25) is 5.91 Å². The van der Waals surface area contributed by atoms with Crippen molar-refractivity contribution in [1.82, 2.24) is 9.88 Å². The molecule has 0 aromatic carbocycles. The Bertz CT molecular complexity index is 457. The van der Waals surface area contributed by atoms with Crippen molar-refractivity contribution in [2.75, 3.05) is 31.6 Å². The minimum atomic E-state index is -0.985. The molecule has 0 spiro atoms. The highest BCUT2D eigenvalue weighted by atomic mass is 32.1. The molecule has 2 rings (SSSR count). The summed E-state index contributed by atoms with van der Waals surface area (Å²) >= 11 is 1.36. The number of carboxylic acids is 1. The van der Waals surface area contributed by atoms with Gasteiger partial charge < -0.3 is 15.2 Å². The van der Waals surface area contributed by atoms with Gasteiger partial charge in [-0.1, -0.05) is 0 Å². The molecule has 0 bridgehead atoms. The molecular formula is C11H15N3O4S. The van der Waals surface area contributed by atoms with Gasteiger partial charge in [0.05, 0.1) is 12.1 Å². The lowest BCUT2D eigenvalue weighted by molar-refractivity contribution is -0.165.